The molecular weight excluding hydrogens is 232 g/mol. The van der Waals surface area contributed by atoms with E-state index in [0.717, 1.165) is 5.75 Å². The van der Waals surface area contributed by atoms with Crippen LogP contribution in [0, 0.1) is 0 Å². The first-order valence-corrected chi connectivity index (χ1v) is 6.53. The van der Waals surface area contributed by atoms with Gasteiger partial charge in [-0.1, -0.05) is 60.7 Å². The van der Waals surface area contributed by atoms with Crippen LogP contribution in [0.4, 0.5) is 0 Å². The second-order valence-corrected chi connectivity index (χ2v) is 4.68. The Bertz CT molecular complexity index is 673. The molecule has 0 saturated carbocycles. The van der Waals surface area contributed by atoms with Gasteiger partial charge in [-0.15, -0.1) is 0 Å². The second kappa shape index (κ2) is 5.15. The first-order chi connectivity index (χ1) is 9.33. The van der Waals surface area contributed by atoms with Gasteiger partial charge in [-0.3, -0.25) is 0 Å². The number of rotatable bonds is 3. The van der Waals surface area contributed by atoms with Crippen molar-refractivity contribution < 1.29 is 4.74 Å². The van der Waals surface area contributed by atoms with E-state index in [1.54, 1.807) is 0 Å². The Morgan fingerprint density at radius 3 is 2.21 bits per heavy atom. The van der Waals surface area contributed by atoms with E-state index in [-0.39, 0.29) is 6.10 Å². The van der Waals surface area contributed by atoms with Crippen LogP contribution in [-0.2, 0) is 0 Å². The molecule has 1 atom stereocenters. The van der Waals surface area contributed by atoms with E-state index in [1.165, 1.54) is 16.3 Å². The zero-order chi connectivity index (χ0) is 13.1. The molecule has 3 aromatic rings. The SMILES string of the molecule is CC(Oc1ccc2ccccc2c1)c1ccccc1. The van der Waals surface area contributed by atoms with Crippen LogP contribution in [0.25, 0.3) is 10.8 Å². The fourth-order valence-corrected chi connectivity index (χ4v) is 2.24. The fourth-order valence-electron chi connectivity index (χ4n) is 2.24. The lowest BCUT2D eigenvalue weighted by Gasteiger charge is -2.15. The highest BCUT2D eigenvalue weighted by Gasteiger charge is 2.06. The fraction of sp³-hybridized carbons (Fsp3) is 0.111. The first kappa shape index (κ1) is 11.8. The van der Waals surface area contributed by atoms with Crippen LogP contribution in [0.2, 0.25) is 0 Å². The summed E-state index contributed by atoms with van der Waals surface area (Å²) in [5.41, 5.74) is 1.19. The van der Waals surface area contributed by atoms with E-state index in [9.17, 15) is 0 Å². The molecule has 1 heteroatoms. The monoisotopic (exact) mass is 248 g/mol. The van der Waals surface area contributed by atoms with Crippen LogP contribution in [0.3, 0.4) is 0 Å². The highest BCUT2D eigenvalue weighted by molar-refractivity contribution is 5.83. The summed E-state index contributed by atoms with van der Waals surface area (Å²) in [4.78, 5) is 0. The van der Waals surface area contributed by atoms with Gasteiger partial charge in [-0.2, -0.15) is 0 Å². The molecule has 1 nitrogen and oxygen atoms in total. The summed E-state index contributed by atoms with van der Waals surface area (Å²) >= 11 is 0. The number of ether oxygens (including phenoxy) is 1. The van der Waals surface area contributed by atoms with Crippen molar-refractivity contribution in [1.29, 1.82) is 0 Å². The van der Waals surface area contributed by atoms with E-state index in [0.29, 0.717) is 0 Å². The van der Waals surface area contributed by atoms with E-state index in [1.807, 2.05) is 30.3 Å². The Morgan fingerprint density at radius 2 is 1.42 bits per heavy atom. The Balaban J connectivity index is 1.85. The summed E-state index contributed by atoms with van der Waals surface area (Å²) in [5.74, 6) is 0.912. The Labute approximate surface area is 113 Å². The van der Waals surface area contributed by atoms with Gasteiger partial charge in [0.1, 0.15) is 11.9 Å². The van der Waals surface area contributed by atoms with Gasteiger partial charge in [0.15, 0.2) is 0 Å². The van der Waals surface area contributed by atoms with E-state index in [4.69, 9.17) is 4.74 Å². The first-order valence-electron chi connectivity index (χ1n) is 6.53. The van der Waals surface area contributed by atoms with Crippen molar-refractivity contribution in [3.8, 4) is 5.75 Å². The number of hydrogen-bond donors (Lipinski definition) is 0. The maximum absolute atomic E-state index is 6.01. The van der Waals surface area contributed by atoms with Crippen molar-refractivity contribution >= 4 is 10.8 Å². The molecule has 1 unspecified atom stereocenters. The van der Waals surface area contributed by atoms with Crippen LogP contribution < -0.4 is 4.74 Å². The third-order valence-corrected chi connectivity index (χ3v) is 3.30. The molecule has 0 amide bonds. The average molecular weight is 248 g/mol. The van der Waals surface area contributed by atoms with Gasteiger partial charge < -0.3 is 4.74 Å². The number of hydrogen-bond acceptors (Lipinski definition) is 1. The average Bonchev–Trinajstić information content (AvgIpc) is 2.48. The normalized spacial score (nSPS) is 12.3. The van der Waals surface area contributed by atoms with Gasteiger partial charge in [0.25, 0.3) is 0 Å². The Morgan fingerprint density at radius 1 is 0.737 bits per heavy atom. The highest BCUT2D eigenvalue weighted by Crippen LogP contribution is 2.25. The van der Waals surface area contributed by atoms with Crippen molar-refractivity contribution in [2.75, 3.05) is 0 Å². The van der Waals surface area contributed by atoms with E-state index >= 15 is 0 Å². The number of fused-ring (bicyclic) bond motifs is 1. The van der Waals surface area contributed by atoms with Crippen LogP contribution in [0.5, 0.6) is 5.75 Å². The number of benzene rings is 3. The predicted octanol–water partition coefficient (Wildman–Crippen LogP) is 4.98. The molecule has 19 heavy (non-hydrogen) atoms. The predicted molar refractivity (Wildman–Crippen MR) is 79.4 cm³/mol. The molecule has 3 rings (SSSR count). The van der Waals surface area contributed by atoms with E-state index in [2.05, 4.69) is 49.4 Å². The summed E-state index contributed by atoms with van der Waals surface area (Å²) < 4.78 is 6.01. The van der Waals surface area contributed by atoms with Crippen LogP contribution in [0.1, 0.15) is 18.6 Å². The molecular formula is C18H16O. The molecule has 0 saturated heterocycles. The van der Waals surface area contributed by atoms with Crippen molar-refractivity contribution in [3.05, 3.63) is 78.4 Å². The summed E-state index contributed by atoms with van der Waals surface area (Å²) in [6, 6.07) is 24.8. The lowest BCUT2D eigenvalue weighted by Crippen LogP contribution is -2.02. The zero-order valence-electron chi connectivity index (χ0n) is 10.9. The minimum absolute atomic E-state index is 0.0577. The molecule has 0 aliphatic heterocycles. The van der Waals surface area contributed by atoms with Gasteiger partial charge in [-0.05, 0) is 35.4 Å². The molecule has 0 bridgehead atoms. The van der Waals surface area contributed by atoms with Gasteiger partial charge in [-0.25, -0.2) is 0 Å². The molecule has 0 N–H and O–H groups in total. The van der Waals surface area contributed by atoms with Crippen LogP contribution in [-0.4, -0.2) is 0 Å². The molecule has 94 valence electrons. The molecule has 0 heterocycles. The molecule has 0 fully saturated rings. The third-order valence-electron chi connectivity index (χ3n) is 3.30. The zero-order valence-corrected chi connectivity index (χ0v) is 10.9. The van der Waals surface area contributed by atoms with Crippen molar-refractivity contribution in [2.45, 2.75) is 13.0 Å². The summed E-state index contributed by atoms with van der Waals surface area (Å²) in [6.45, 7) is 2.07. The highest BCUT2D eigenvalue weighted by atomic mass is 16.5. The molecule has 0 aliphatic carbocycles. The molecule has 3 aromatic carbocycles. The van der Waals surface area contributed by atoms with Gasteiger partial charge in [0.2, 0.25) is 0 Å². The van der Waals surface area contributed by atoms with Crippen molar-refractivity contribution in [3.63, 3.8) is 0 Å². The van der Waals surface area contributed by atoms with E-state index < -0.39 is 0 Å². The lowest BCUT2D eigenvalue weighted by atomic mass is 10.1. The minimum atomic E-state index is 0.0577. The van der Waals surface area contributed by atoms with Gasteiger partial charge in [0, 0.05) is 0 Å². The van der Waals surface area contributed by atoms with Crippen molar-refractivity contribution in [2.24, 2.45) is 0 Å². The second-order valence-electron chi connectivity index (χ2n) is 4.68. The maximum Gasteiger partial charge on any atom is 0.121 e. The standard InChI is InChI=1S/C18H16O/c1-14(15-7-3-2-4-8-15)19-18-12-11-16-9-5-6-10-17(16)13-18/h2-14H,1H3. The van der Waals surface area contributed by atoms with Gasteiger partial charge in [0.05, 0.1) is 0 Å². The topological polar surface area (TPSA) is 9.23 Å². The minimum Gasteiger partial charge on any atom is -0.486 e. The largest absolute Gasteiger partial charge is 0.486 e. The summed E-state index contributed by atoms with van der Waals surface area (Å²) in [7, 11) is 0. The lowest BCUT2D eigenvalue weighted by molar-refractivity contribution is 0.227. The summed E-state index contributed by atoms with van der Waals surface area (Å²) in [5, 5.41) is 2.45. The molecule has 0 aliphatic rings. The van der Waals surface area contributed by atoms with Crippen molar-refractivity contribution in [1.82, 2.24) is 0 Å². The summed E-state index contributed by atoms with van der Waals surface area (Å²) in [6.07, 6.45) is 0.0577. The maximum atomic E-state index is 6.01. The van der Waals surface area contributed by atoms with Crippen LogP contribution in [0.15, 0.2) is 72.8 Å². The third kappa shape index (κ3) is 2.60. The smallest absolute Gasteiger partial charge is 0.121 e. The quantitative estimate of drug-likeness (QED) is 0.635. The Kier molecular flexibility index (Phi) is 3.20. The molecule has 0 radical (unpaired) electrons. The van der Waals surface area contributed by atoms with Crippen LogP contribution >= 0.6 is 0 Å². The molecule has 0 spiro atoms. The van der Waals surface area contributed by atoms with Gasteiger partial charge >= 0.3 is 0 Å². The Hall–Kier alpha value is -2.28. The molecule has 0 aromatic heterocycles.